The molecule has 0 aliphatic heterocycles. The second-order valence-electron chi connectivity index (χ2n) is 4.43. The van der Waals surface area contributed by atoms with Crippen molar-refractivity contribution in [3.63, 3.8) is 0 Å². The van der Waals surface area contributed by atoms with E-state index in [-0.39, 0.29) is 0 Å². The first-order chi connectivity index (χ1) is 7.86. The van der Waals surface area contributed by atoms with E-state index in [0.717, 1.165) is 5.92 Å². The molecule has 0 N–H and O–H groups in total. The fourth-order valence-corrected chi connectivity index (χ4v) is 1.90. The van der Waals surface area contributed by atoms with Gasteiger partial charge in [-0.3, -0.25) is 0 Å². The third kappa shape index (κ3) is 5.16. The summed E-state index contributed by atoms with van der Waals surface area (Å²) in [7, 11) is 0. The highest BCUT2D eigenvalue weighted by atomic mass is 14.1. The zero-order chi connectivity index (χ0) is 11.6. The Labute approximate surface area is 100 Å². The Hall–Kier alpha value is -1.04. The van der Waals surface area contributed by atoms with Crippen molar-refractivity contribution in [1.82, 2.24) is 0 Å². The Bertz CT molecular complexity index is 284. The van der Waals surface area contributed by atoms with Crippen molar-refractivity contribution in [3.05, 3.63) is 42.0 Å². The van der Waals surface area contributed by atoms with Crippen LogP contribution in [0.5, 0.6) is 0 Å². The molecule has 0 saturated heterocycles. The van der Waals surface area contributed by atoms with E-state index in [0.29, 0.717) is 0 Å². The van der Waals surface area contributed by atoms with Crippen molar-refractivity contribution >= 4 is 6.08 Å². The van der Waals surface area contributed by atoms with Crippen molar-refractivity contribution in [2.75, 3.05) is 0 Å². The molecule has 1 atom stereocenters. The van der Waals surface area contributed by atoms with Crippen molar-refractivity contribution < 1.29 is 0 Å². The fourth-order valence-electron chi connectivity index (χ4n) is 1.90. The van der Waals surface area contributed by atoms with E-state index in [1.165, 1.54) is 37.7 Å². The summed E-state index contributed by atoms with van der Waals surface area (Å²) in [6.07, 6.45) is 11.3. The molecule has 88 valence electrons. The van der Waals surface area contributed by atoms with E-state index in [1.807, 2.05) is 0 Å². The molecule has 1 aromatic carbocycles. The summed E-state index contributed by atoms with van der Waals surface area (Å²) in [6.45, 7) is 4.55. The van der Waals surface area contributed by atoms with Gasteiger partial charge in [-0.05, 0) is 24.3 Å². The van der Waals surface area contributed by atoms with Crippen molar-refractivity contribution in [3.8, 4) is 0 Å². The number of hydrogen-bond donors (Lipinski definition) is 0. The SMILES string of the molecule is CCCCCC(C=Cc1ccccc1)CC. The predicted octanol–water partition coefficient (Wildman–Crippen LogP) is 5.31. The maximum atomic E-state index is 2.38. The normalized spacial score (nSPS) is 13.1. The Balaban J connectivity index is 2.40. The molecule has 0 fully saturated rings. The van der Waals surface area contributed by atoms with Gasteiger partial charge in [0.2, 0.25) is 0 Å². The zero-order valence-corrected chi connectivity index (χ0v) is 10.7. The monoisotopic (exact) mass is 216 g/mol. The molecule has 0 aliphatic carbocycles. The fraction of sp³-hybridized carbons (Fsp3) is 0.500. The quantitative estimate of drug-likeness (QED) is 0.542. The van der Waals surface area contributed by atoms with Gasteiger partial charge in [0.15, 0.2) is 0 Å². The molecule has 0 nitrogen and oxygen atoms in total. The Kier molecular flexibility index (Phi) is 6.64. The number of unbranched alkanes of at least 4 members (excludes halogenated alkanes) is 2. The summed E-state index contributed by atoms with van der Waals surface area (Å²) in [4.78, 5) is 0. The number of hydrogen-bond acceptors (Lipinski definition) is 0. The van der Waals surface area contributed by atoms with Crippen molar-refractivity contribution in [2.24, 2.45) is 5.92 Å². The summed E-state index contributed by atoms with van der Waals surface area (Å²) in [5.41, 5.74) is 1.32. The Morgan fingerprint density at radius 2 is 1.81 bits per heavy atom. The topological polar surface area (TPSA) is 0 Å². The van der Waals surface area contributed by atoms with Crippen molar-refractivity contribution in [1.29, 1.82) is 0 Å². The van der Waals surface area contributed by atoms with Crippen LogP contribution in [-0.2, 0) is 0 Å². The summed E-state index contributed by atoms with van der Waals surface area (Å²) in [5, 5.41) is 0. The van der Waals surface area contributed by atoms with E-state index in [1.54, 1.807) is 0 Å². The van der Waals surface area contributed by atoms with Gasteiger partial charge in [-0.2, -0.15) is 0 Å². The molecule has 0 radical (unpaired) electrons. The average molecular weight is 216 g/mol. The van der Waals surface area contributed by atoms with Crippen molar-refractivity contribution in [2.45, 2.75) is 46.0 Å². The highest BCUT2D eigenvalue weighted by Gasteiger charge is 2.00. The standard InChI is InChI=1S/C16H24/c1-3-5-7-10-15(4-2)13-14-16-11-8-6-9-12-16/h6,8-9,11-15H,3-5,7,10H2,1-2H3. The summed E-state index contributed by atoms with van der Waals surface area (Å²) < 4.78 is 0. The minimum absolute atomic E-state index is 0.756. The first-order valence-corrected chi connectivity index (χ1v) is 6.60. The van der Waals surface area contributed by atoms with Crippen LogP contribution in [0.1, 0.15) is 51.5 Å². The van der Waals surface area contributed by atoms with Gasteiger partial charge in [0.1, 0.15) is 0 Å². The van der Waals surface area contributed by atoms with Crippen LogP contribution >= 0.6 is 0 Å². The van der Waals surface area contributed by atoms with Gasteiger partial charge < -0.3 is 0 Å². The van der Waals surface area contributed by atoms with E-state index < -0.39 is 0 Å². The summed E-state index contributed by atoms with van der Waals surface area (Å²) in [6, 6.07) is 10.6. The van der Waals surface area contributed by atoms with E-state index in [2.05, 4.69) is 56.3 Å². The molecule has 0 heterocycles. The van der Waals surface area contributed by atoms with E-state index in [4.69, 9.17) is 0 Å². The Morgan fingerprint density at radius 1 is 1.06 bits per heavy atom. The van der Waals surface area contributed by atoms with Crippen LogP contribution in [0.4, 0.5) is 0 Å². The second-order valence-corrected chi connectivity index (χ2v) is 4.43. The molecule has 0 spiro atoms. The van der Waals surface area contributed by atoms with Crippen LogP contribution in [0, 0.1) is 5.92 Å². The molecule has 0 amide bonds. The maximum Gasteiger partial charge on any atom is -0.0233 e. The van der Waals surface area contributed by atoms with Gasteiger partial charge in [0.25, 0.3) is 0 Å². The molecule has 16 heavy (non-hydrogen) atoms. The lowest BCUT2D eigenvalue weighted by atomic mass is 9.97. The molecule has 0 bridgehead atoms. The minimum atomic E-state index is 0.756. The first-order valence-electron chi connectivity index (χ1n) is 6.60. The smallest absolute Gasteiger partial charge is 0.0233 e. The number of allylic oxidation sites excluding steroid dienone is 1. The van der Waals surface area contributed by atoms with E-state index in [9.17, 15) is 0 Å². The third-order valence-corrected chi connectivity index (χ3v) is 3.06. The second kappa shape index (κ2) is 8.15. The van der Waals surface area contributed by atoms with Gasteiger partial charge in [-0.1, -0.05) is 75.6 Å². The van der Waals surface area contributed by atoms with Crippen LogP contribution in [0.2, 0.25) is 0 Å². The largest absolute Gasteiger partial charge is 0.0808 e. The lowest BCUT2D eigenvalue weighted by molar-refractivity contribution is 0.528. The Morgan fingerprint density at radius 3 is 2.44 bits per heavy atom. The molecular formula is C16H24. The highest BCUT2D eigenvalue weighted by molar-refractivity contribution is 5.48. The summed E-state index contributed by atoms with van der Waals surface area (Å²) >= 11 is 0. The predicted molar refractivity (Wildman–Crippen MR) is 73.4 cm³/mol. The van der Waals surface area contributed by atoms with Crippen LogP contribution < -0.4 is 0 Å². The van der Waals surface area contributed by atoms with Gasteiger partial charge in [0, 0.05) is 0 Å². The lowest BCUT2D eigenvalue weighted by Gasteiger charge is -2.09. The molecule has 1 rings (SSSR count). The summed E-state index contributed by atoms with van der Waals surface area (Å²) in [5.74, 6) is 0.756. The number of rotatable bonds is 7. The molecule has 0 saturated carbocycles. The molecule has 0 aliphatic rings. The van der Waals surface area contributed by atoms with Gasteiger partial charge in [-0.25, -0.2) is 0 Å². The van der Waals surface area contributed by atoms with Gasteiger partial charge in [0.05, 0.1) is 0 Å². The van der Waals surface area contributed by atoms with Crippen LogP contribution in [0.3, 0.4) is 0 Å². The molecule has 0 heteroatoms. The third-order valence-electron chi connectivity index (χ3n) is 3.06. The van der Waals surface area contributed by atoms with Crippen LogP contribution in [-0.4, -0.2) is 0 Å². The minimum Gasteiger partial charge on any atom is -0.0808 e. The van der Waals surface area contributed by atoms with E-state index >= 15 is 0 Å². The van der Waals surface area contributed by atoms with Crippen LogP contribution in [0.25, 0.3) is 6.08 Å². The first kappa shape index (κ1) is 13.0. The zero-order valence-electron chi connectivity index (χ0n) is 10.7. The molecule has 0 aromatic heterocycles. The maximum absolute atomic E-state index is 2.38. The molecule has 1 unspecified atom stereocenters. The van der Waals surface area contributed by atoms with Crippen LogP contribution in [0.15, 0.2) is 36.4 Å². The van der Waals surface area contributed by atoms with Gasteiger partial charge in [-0.15, -0.1) is 0 Å². The van der Waals surface area contributed by atoms with Gasteiger partial charge >= 0.3 is 0 Å². The lowest BCUT2D eigenvalue weighted by Crippen LogP contribution is -1.93. The number of benzene rings is 1. The molecule has 1 aromatic rings. The highest BCUT2D eigenvalue weighted by Crippen LogP contribution is 2.16. The molecular weight excluding hydrogens is 192 g/mol. The average Bonchev–Trinajstić information content (AvgIpc) is 2.35.